The van der Waals surface area contributed by atoms with Crippen LogP contribution in [0.5, 0.6) is 11.5 Å². The molecule has 0 aliphatic rings. The Bertz CT molecular complexity index is 831. The summed E-state index contributed by atoms with van der Waals surface area (Å²) in [6.45, 7) is 2.36. The van der Waals surface area contributed by atoms with E-state index in [2.05, 4.69) is 10.3 Å². The highest BCUT2D eigenvalue weighted by Crippen LogP contribution is 2.18. The minimum absolute atomic E-state index is 0.0836. The lowest BCUT2D eigenvalue weighted by Gasteiger charge is -2.09. The van der Waals surface area contributed by atoms with Gasteiger partial charge in [0, 0.05) is 6.20 Å². The van der Waals surface area contributed by atoms with E-state index >= 15 is 0 Å². The number of pyridine rings is 1. The Hall–Kier alpha value is -3.34. The van der Waals surface area contributed by atoms with E-state index < -0.39 is 0 Å². The summed E-state index contributed by atoms with van der Waals surface area (Å²) >= 11 is 0. The van der Waals surface area contributed by atoms with Gasteiger partial charge in [0.1, 0.15) is 23.9 Å². The molecule has 1 heterocycles. The summed E-state index contributed by atoms with van der Waals surface area (Å²) in [6, 6.07) is 20.8. The van der Waals surface area contributed by atoms with E-state index in [1.54, 1.807) is 24.4 Å². The van der Waals surface area contributed by atoms with Gasteiger partial charge in [-0.1, -0.05) is 36.4 Å². The van der Waals surface area contributed by atoms with Crippen molar-refractivity contribution in [2.24, 2.45) is 0 Å². The summed E-state index contributed by atoms with van der Waals surface area (Å²) in [7, 11) is 0. The molecule has 0 radical (unpaired) electrons. The maximum atomic E-state index is 11.9. The summed E-state index contributed by atoms with van der Waals surface area (Å²) in [5.74, 6) is 1.60. The van der Waals surface area contributed by atoms with Crippen LogP contribution >= 0.6 is 0 Å². The van der Waals surface area contributed by atoms with Gasteiger partial charge in [-0.3, -0.25) is 4.79 Å². The summed E-state index contributed by atoms with van der Waals surface area (Å²) in [5.41, 5.74) is 2.14. The highest BCUT2D eigenvalue weighted by molar-refractivity contribution is 5.90. The van der Waals surface area contributed by atoms with Crippen LogP contribution in [-0.2, 0) is 11.4 Å². The predicted octanol–water partition coefficient (Wildman–Crippen LogP) is 3.99. The monoisotopic (exact) mass is 348 g/mol. The van der Waals surface area contributed by atoms with Gasteiger partial charge in [0.05, 0.1) is 0 Å². The second kappa shape index (κ2) is 8.67. The molecule has 5 nitrogen and oxygen atoms in total. The summed E-state index contributed by atoms with van der Waals surface area (Å²) in [5, 5.41) is 2.69. The lowest BCUT2D eigenvalue weighted by molar-refractivity contribution is -0.118. The maximum Gasteiger partial charge on any atom is 0.263 e. The van der Waals surface area contributed by atoms with E-state index in [1.165, 1.54) is 0 Å². The van der Waals surface area contributed by atoms with Crippen LogP contribution in [0.25, 0.3) is 0 Å². The minimum Gasteiger partial charge on any atom is -0.489 e. The second-order valence-electron chi connectivity index (χ2n) is 5.80. The number of benzene rings is 2. The van der Waals surface area contributed by atoms with Gasteiger partial charge in [-0.25, -0.2) is 4.98 Å². The Morgan fingerprint density at radius 2 is 1.62 bits per heavy atom. The van der Waals surface area contributed by atoms with Crippen molar-refractivity contribution in [1.82, 2.24) is 4.98 Å². The van der Waals surface area contributed by atoms with Crippen LogP contribution in [0.4, 0.5) is 5.82 Å². The molecule has 1 amide bonds. The Labute approximate surface area is 152 Å². The first kappa shape index (κ1) is 17.5. The topological polar surface area (TPSA) is 60.5 Å². The van der Waals surface area contributed by atoms with E-state index in [0.717, 1.165) is 16.9 Å². The number of nitrogens with one attached hydrogen (secondary N) is 1. The van der Waals surface area contributed by atoms with Gasteiger partial charge >= 0.3 is 0 Å². The standard InChI is InChI=1S/C21H20N2O3/c1-16-7-12-20(22-13-16)23-21(24)15-26-19-10-8-18(9-11-19)25-14-17-5-3-2-4-6-17/h2-13H,14-15H2,1H3,(H,22,23,24). The number of rotatable bonds is 7. The van der Waals surface area contributed by atoms with Crippen molar-refractivity contribution >= 4 is 11.7 Å². The molecule has 5 heteroatoms. The normalized spacial score (nSPS) is 10.2. The highest BCUT2D eigenvalue weighted by Gasteiger charge is 2.05. The van der Waals surface area contributed by atoms with Crippen molar-refractivity contribution in [3.63, 3.8) is 0 Å². The lowest BCUT2D eigenvalue weighted by Crippen LogP contribution is -2.20. The van der Waals surface area contributed by atoms with Gasteiger partial charge in [-0.2, -0.15) is 0 Å². The fourth-order valence-corrected chi connectivity index (χ4v) is 2.24. The average Bonchev–Trinajstić information content (AvgIpc) is 2.68. The van der Waals surface area contributed by atoms with Crippen molar-refractivity contribution in [2.45, 2.75) is 13.5 Å². The van der Waals surface area contributed by atoms with Crippen LogP contribution in [0.15, 0.2) is 72.9 Å². The number of anilines is 1. The van der Waals surface area contributed by atoms with Gasteiger partial charge in [-0.15, -0.1) is 0 Å². The summed E-state index contributed by atoms with van der Waals surface area (Å²) in [4.78, 5) is 16.0. The van der Waals surface area contributed by atoms with Gasteiger partial charge in [-0.05, 0) is 48.4 Å². The van der Waals surface area contributed by atoms with Crippen molar-refractivity contribution < 1.29 is 14.3 Å². The van der Waals surface area contributed by atoms with Crippen LogP contribution in [0.1, 0.15) is 11.1 Å². The maximum absolute atomic E-state index is 11.9. The van der Waals surface area contributed by atoms with E-state index in [0.29, 0.717) is 18.2 Å². The molecule has 0 aliphatic heterocycles. The molecule has 0 saturated carbocycles. The second-order valence-corrected chi connectivity index (χ2v) is 5.80. The van der Waals surface area contributed by atoms with Gasteiger partial charge < -0.3 is 14.8 Å². The van der Waals surface area contributed by atoms with Crippen molar-refractivity contribution in [2.75, 3.05) is 11.9 Å². The third-order valence-corrected chi connectivity index (χ3v) is 3.62. The molecule has 1 aromatic heterocycles. The predicted molar refractivity (Wildman–Crippen MR) is 100 cm³/mol. The molecule has 0 saturated heterocycles. The zero-order valence-corrected chi connectivity index (χ0v) is 14.5. The molecule has 2 aromatic carbocycles. The number of hydrogen-bond donors (Lipinski definition) is 1. The first-order chi connectivity index (χ1) is 12.7. The van der Waals surface area contributed by atoms with E-state index in [9.17, 15) is 4.79 Å². The number of ether oxygens (including phenoxy) is 2. The SMILES string of the molecule is Cc1ccc(NC(=O)COc2ccc(OCc3ccccc3)cc2)nc1. The minimum atomic E-state index is -0.259. The molecule has 0 bridgehead atoms. The van der Waals surface area contributed by atoms with Gasteiger partial charge in [0.15, 0.2) is 6.61 Å². The molecule has 1 N–H and O–H groups in total. The first-order valence-electron chi connectivity index (χ1n) is 8.31. The van der Waals surface area contributed by atoms with E-state index in [1.807, 2.05) is 55.5 Å². The number of carbonyl (C=O) groups excluding carboxylic acids is 1. The molecule has 3 rings (SSSR count). The lowest BCUT2D eigenvalue weighted by atomic mass is 10.2. The molecule has 132 valence electrons. The number of aromatic nitrogens is 1. The van der Waals surface area contributed by atoms with Crippen LogP contribution in [0, 0.1) is 6.92 Å². The third-order valence-electron chi connectivity index (χ3n) is 3.62. The molecular weight excluding hydrogens is 328 g/mol. The Morgan fingerprint density at radius 3 is 2.27 bits per heavy atom. The number of nitrogens with zero attached hydrogens (tertiary/aromatic N) is 1. The molecular formula is C21H20N2O3. The molecule has 26 heavy (non-hydrogen) atoms. The van der Waals surface area contributed by atoms with Crippen molar-refractivity contribution in [3.05, 3.63) is 84.1 Å². The highest BCUT2D eigenvalue weighted by atomic mass is 16.5. The van der Waals surface area contributed by atoms with E-state index in [-0.39, 0.29) is 12.5 Å². The Balaban J connectivity index is 1.45. The van der Waals surface area contributed by atoms with Crippen molar-refractivity contribution in [1.29, 1.82) is 0 Å². The van der Waals surface area contributed by atoms with Crippen LogP contribution in [-0.4, -0.2) is 17.5 Å². The molecule has 0 atom stereocenters. The summed E-state index contributed by atoms with van der Waals surface area (Å²) in [6.07, 6.45) is 1.70. The largest absolute Gasteiger partial charge is 0.489 e. The molecule has 0 unspecified atom stereocenters. The fourth-order valence-electron chi connectivity index (χ4n) is 2.24. The third kappa shape index (κ3) is 5.34. The van der Waals surface area contributed by atoms with Crippen molar-refractivity contribution in [3.8, 4) is 11.5 Å². The van der Waals surface area contributed by atoms with Crippen LogP contribution < -0.4 is 14.8 Å². The number of aryl methyl sites for hydroxylation is 1. The van der Waals surface area contributed by atoms with Crippen LogP contribution in [0.2, 0.25) is 0 Å². The molecule has 3 aromatic rings. The smallest absolute Gasteiger partial charge is 0.263 e. The molecule has 0 aliphatic carbocycles. The van der Waals surface area contributed by atoms with Gasteiger partial charge in [0.2, 0.25) is 0 Å². The zero-order chi connectivity index (χ0) is 18.2. The Morgan fingerprint density at radius 1 is 0.923 bits per heavy atom. The summed E-state index contributed by atoms with van der Waals surface area (Å²) < 4.78 is 11.2. The quantitative estimate of drug-likeness (QED) is 0.701. The van der Waals surface area contributed by atoms with Gasteiger partial charge in [0.25, 0.3) is 5.91 Å². The van der Waals surface area contributed by atoms with E-state index in [4.69, 9.17) is 9.47 Å². The average molecular weight is 348 g/mol. The number of carbonyl (C=O) groups is 1. The zero-order valence-electron chi connectivity index (χ0n) is 14.5. The fraction of sp³-hybridized carbons (Fsp3) is 0.143. The molecule has 0 fully saturated rings. The van der Waals surface area contributed by atoms with Crippen LogP contribution in [0.3, 0.4) is 0 Å². The Kier molecular flexibility index (Phi) is 5.83. The first-order valence-corrected chi connectivity index (χ1v) is 8.31. The number of amides is 1. The molecule has 0 spiro atoms. The number of hydrogen-bond acceptors (Lipinski definition) is 4.